The van der Waals surface area contributed by atoms with Crippen molar-refractivity contribution in [2.75, 3.05) is 19.0 Å². The minimum atomic E-state index is -4.02. The number of anilines is 1. The van der Waals surface area contributed by atoms with E-state index in [9.17, 15) is 18.5 Å². The molecule has 2 rings (SSSR count). The molecule has 0 bridgehead atoms. The first-order valence-electron chi connectivity index (χ1n) is 8.16. The van der Waals surface area contributed by atoms with Crippen molar-refractivity contribution in [3.05, 3.63) is 64.2 Å². The maximum atomic E-state index is 13.1. The highest BCUT2D eigenvalue weighted by Crippen LogP contribution is 2.28. The number of nitrogens with zero attached hydrogens (tertiary/aromatic N) is 3. The van der Waals surface area contributed by atoms with Crippen LogP contribution in [0.25, 0.3) is 0 Å². The molecule has 0 heterocycles. The first-order chi connectivity index (χ1) is 12.1. The Labute approximate surface area is 154 Å². The monoisotopic (exact) mass is 377 g/mol. The van der Waals surface area contributed by atoms with Gasteiger partial charge in [0.1, 0.15) is 0 Å². The van der Waals surface area contributed by atoms with Crippen molar-refractivity contribution in [1.82, 2.24) is 4.31 Å². The normalized spacial score (nSPS) is 11.8. The number of hydrogen-bond acceptors (Lipinski definition) is 5. The molecule has 0 saturated carbocycles. The average Bonchev–Trinajstić information content (AvgIpc) is 2.59. The Morgan fingerprint density at radius 1 is 1.04 bits per heavy atom. The van der Waals surface area contributed by atoms with Gasteiger partial charge in [0.15, 0.2) is 4.90 Å². The second-order valence-corrected chi connectivity index (χ2v) is 8.29. The number of hydrogen-bond donors (Lipinski definition) is 0. The highest BCUT2D eigenvalue weighted by Gasteiger charge is 2.33. The van der Waals surface area contributed by atoms with E-state index in [2.05, 4.69) is 0 Å². The van der Waals surface area contributed by atoms with Crippen LogP contribution in [0.15, 0.2) is 53.4 Å². The Kier molecular flexibility index (Phi) is 5.99. The Morgan fingerprint density at radius 2 is 1.62 bits per heavy atom. The molecule has 8 heteroatoms. The molecule has 0 unspecified atom stereocenters. The van der Waals surface area contributed by atoms with E-state index in [-0.39, 0.29) is 17.5 Å². The molecule has 0 aliphatic heterocycles. The van der Waals surface area contributed by atoms with Crippen molar-refractivity contribution >= 4 is 21.4 Å². The van der Waals surface area contributed by atoms with Crippen LogP contribution >= 0.6 is 0 Å². The first kappa shape index (κ1) is 19.9. The SMILES string of the molecule is CC(C)N(Cc1ccc(N(C)C)cc1)S(=O)(=O)c1ccccc1[N+](=O)[O-]. The van der Waals surface area contributed by atoms with E-state index in [1.54, 1.807) is 13.8 Å². The number of sulfonamides is 1. The summed E-state index contributed by atoms with van der Waals surface area (Å²) in [5.41, 5.74) is 1.40. The van der Waals surface area contributed by atoms with Crippen LogP contribution in [0.4, 0.5) is 11.4 Å². The molecule has 0 saturated heterocycles. The smallest absolute Gasteiger partial charge is 0.289 e. The zero-order chi connectivity index (χ0) is 19.5. The Morgan fingerprint density at radius 3 is 2.12 bits per heavy atom. The van der Waals surface area contributed by atoms with Crippen LogP contribution in [0.3, 0.4) is 0 Å². The van der Waals surface area contributed by atoms with Gasteiger partial charge < -0.3 is 4.90 Å². The zero-order valence-electron chi connectivity index (χ0n) is 15.3. The van der Waals surface area contributed by atoms with E-state index < -0.39 is 20.6 Å². The van der Waals surface area contributed by atoms with Gasteiger partial charge in [-0.25, -0.2) is 8.42 Å². The lowest BCUT2D eigenvalue weighted by Crippen LogP contribution is -2.36. The van der Waals surface area contributed by atoms with Crippen LogP contribution in [0.1, 0.15) is 19.4 Å². The first-order valence-corrected chi connectivity index (χ1v) is 9.60. The topological polar surface area (TPSA) is 83.8 Å². The molecule has 7 nitrogen and oxygen atoms in total. The molecule has 140 valence electrons. The highest BCUT2D eigenvalue weighted by atomic mass is 32.2. The van der Waals surface area contributed by atoms with E-state index in [4.69, 9.17) is 0 Å². The van der Waals surface area contributed by atoms with Crippen molar-refractivity contribution in [1.29, 1.82) is 0 Å². The van der Waals surface area contributed by atoms with Gasteiger partial charge in [0.25, 0.3) is 5.69 Å². The maximum absolute atomic E-state index is 13.1. The van der Waals surface area contributed by atoms with Gasteiger partial charge in [-0.15, -0.1) is 0 Å². The molecule has 0 fully saturated rings. The molecule has 0 spiro atoms. The summed E-state index contributed by atoms with van der Waals surface area (Å²) in [6.45, 7) is 3.64. The van der Waals surface area contributed by atoms with Gasteiger partial charge in [-0.3, -0.25) is 10.1 Å². The summed E-state index contributed by atoms with van der Waals surface area (Å²) < 4.78 is 27.5. The molecule has 0 atom stereocenters. The van der Waals surface area contributed by atoms with Gasteiger partial charge in [-0.1, -0.05) is 24.3 Å². The molecular weight excluding hydrogens is 354 g/mol. The number of para-hydroxylation sites is 1. The predicted octanol–water partition coefficient (Wildman–Crippen LogP) is 3.26. The summed E-state index contributed by atoms with van der Waals surface area (Å²) in [6.07, 6.45) is 0. The molecule has 2 aromatic carbocycles. The lowest BCUT2D eigenvalue weighted by Gasteiger charge is -2.26. The number of nitro benzene ring substituents is 1. The van der Waals surface area contributed by atoms with Crippen LogP contribution in [-0.4, -0.2) is 37.8 Å². The number of nitro groups is 1. The van der Waals surface area contributed by atoms with Crippen molar-refractivity contribution in [2.45, 2.75) is 31.3 Å². The van der Waals surface area contributed by atoms with Crippen molar-refractivity contribution in [3.8, 4) is 0 Å². The van der Waals surface area contributed by atoms with Gasteiger partial charge in [0.2, 0.25) is 10.0 Å². The number of benzene rings is 2. The van der Waals surface area contributed by atoms with Gasteiger partial charge in [0.05, 0.1) is 4.92 Å². The molecule has 0 aliphatic rings. The zero-order valence-corrected chi connectivity index (χ0v) is 16.1. The summed E-state index contributed by atoms with van der Waals surface area (Å²) in [5, 5.41) is 11.2. The lowest BCUT2D eigenvalue weighted by atomic mass is 10.2. The van der Waals surface area contributed by atoms with Crippen LogP contribution in [0.2, 0.25) is 0 Å². The third-order valence-corrected chi connectivity index (χ3v) is 6.08. The fraction of sp³-hybridized carbons (Fsp3) is 0.333. The van der Waals surface area contributed by atoms with Crippen LogP contribution in [0.5, 0.6) is 0 Å². The molecule has 0 aromatic heterocycles. The van der Waals surface area contributed by atoms with Gasteiger partial charge in [0, 0.05) is 38.4 Å². The summed E-state index contributed by atoms with van der Waals surface area (Å²) in [5.74, 6) is 0. The highest BCUT2D eigenvalue weighted by molar-refractivity contribution is 7.89. The van der Waals surface area contributed by atoms with Crippen LogP contribution in [0, 0.1) is 10.1 Å². The quantitative estimate of drug-likeness (QED) is 0.546. The standard InChI is InChI=1S/C18H23N3O4S/c1-14(2)20(13-15-9-11-16(12-10-15)19(3)4)26(24,25)18-8-6-5-7-17(18)21(22)23/h5-12,14H,13H2,1-4H3. The third-order valence-electron chi connectivity index (χ3n) is 4.02. The minimum Gasteiger partial charge on any atom is -0.378 e. The second-order valence-electron chi connectivity index (χ2n) is 6.43. The molecule has 0 N–H and O–H groups in total. The van der Waals surface area contributed by atoms with Gasteiger partial charge in [-0.05, 0) is 37.6 Å². The second kappa shape index (κ2) is 7.84. The van der Waals surface area contributed by atoms with E-state index in [1.807, 2.05) is 43.3 Å². The lowest BCUT2D eigenvalue weighted by molar-refractivity contribution is -0.387. The number of rotatable bonds is 7. The van der Waals surface area contributed by atoms with Crippen LogP contribution in [-0.2, 0) is 16.6 Å². The maximum Gasteiger partial charge on any atom is 0.289 e. The van der Waals surface area contributed by atoms with E-state index >= 15 is 0 Å². The molecule has 2 aromatic rings. The molecule has 0 aliphatic carbocycles. The molecule has 0 radical (unpaired) electrons. The summed E-state index contributed by atoms with van der Waals surface area (Å²) in [7, 11) is -0.169. The Bertz CT molecular complexity index is 878. The predicted molar refractivity (Wildman–Crippen MR) is 102 cm³/mol. The van der Waals surface area contributed by atoms with Crippen molar-refractivity contribution in [3.63, 3.8) is 0 Å². The van der Waals surface area contributed by atoms with Gasteiger partial charge >= 0.3 is 0 Å². The Hall–Kier alpha value is -2.45. The Balaban J connectivity index is 2.42. The summed E-state index contributed by atoms with van der Waals surface area (Å²) in [6, 6.07) is 12.6. The van der Waals surface area contributed by atoms with Gasteiger partial charge in [-0.2, -0.15) is 4.31 Å². The molecule has 0 amide bonds. The third kappa shape index (κ3) is 4.20. The minimum absolute atomic E-state index is 0.139. The fourth-order valence-corrected chi connectivity index (χ4v) is 4.36. The summed E-state index contributed by atoms with van der Waals surface area (Å²) >= 11 is 0. The van der Waals surface area contributed by atoms with Crippen molar-refractivity contribution < 1.29 is 13.3 Å². The van der Waals surface area contributed by atoms with Crippen molar-refractivity contribution in [2.24, 2.45) is 0 Å². The van der Waals surface area contributed by atoms with E-state index in [0.717, 1.165) is 11.3 Å². The van der Waals surface area contributed by atoms with E-state index in [1.165, 1.54) is 28.6 Å². The fourth-order valence-electron chi connectivity index (χ4n) is 2.58. The largest absolute Gasteiger partial charge is 0.378 e. The van der Waals surface area contributed by atoms with Crippen LogP contribution < -0.4 is 4.90 Å². The average molecular weight is 377 g/mol. The van der Waals surface area contributed by atoms with E-state index in [0.29, 0.717) is 0 Å². The molecular formula is C18H23N3O4S. The summed E-state index contributed by atoms with van der Waals surface area (Å²) in [4.78, 5) is 12.2. The molecule has 26 heavy (non-hydrogen) atoms.